The lowest BCUT2D eigenvalue weighted by Crippen LogP contribution is -2.58. The molecule has 31 nitrogen and oxygen atoms in total. The van der Waals surface area contributed by atoms with Gasteiger partial charge >= 0.3 is 11.9 Å². The minimum absolute atomic E-state index is 0.0257. The quantitative estimate of drug-likeness (QED) is 0.0705. The lowest BCUT2D eigenvalue weighted by Gasteiger charge is -2.45. The van der Waals surface area contributed by atoms with Crippen molar-refractivity contribution >= 4 is 115 Å². The molecule has 3 fully saturated rings. The summed E-state index contributed by atoms with van der Waals surface area (Å²) in [6, 6.07) is 1.93. The molecule has 3 saturated heterocycles. The number of fused-ring (bicyclic) bond motifs is 16. The Kier molecular flexibility index (Phi) is 19.5. The number of rotatable bonds is 9. The number of likely N-dealkylation sites (N-methyl/N-ethyl adjacent to an activating group) is 1. The summed E-state index contributed by atoms with van der Waals surface area (Å²) in [6.45, 7) is 9.21. The van der Waals surface area contributed by atoms with Gasteiger partial charge in [0, 0.05) is 81.5 Å². The van der Waals surface area contributed by atoms with E-state index >= 15 is 19.2 Å². The van der Waals surface area contributed by atoms with Crippen LogP contribution >= 0.6 is 56.7 Å². The minimum Gasteiger partial charge on any atom is -0.506 e. The van der Waals surface area contributed by atoms with E-state index in [1.807, 2.05) is 25.8 Å². The number of aliphatic hydroxyl groups is 1. The molecule has 36 heteroatoms. The Morgan fingerprint density at radius 1 is 0.840 bits per heavy atom. The number of carbonyl (C=O) groups is 7. The molecule has 5 amide bonds. The molecule has 0 saturated carbocycles. The van der Waals surface area contributed by atoms with Crippen molar-refractivity contribution in [3.63, 3.8) is 0 Å². The highest BCUT2D eigenvalue weighted by Gasteiger charge is 2.54. The molecule has 100 heavy (non-hydrogen) atoms. The van der Waals surface area contributed by atoms with Crippen molar-refractivity contribution in [3.8, 4) is 38.4 Å². The number of benzene rings is 1. The number of H-pyrrole nitrogens is 1. The molecule has 0 spiro atoms. The molecule has 0 radical (unpaired) electrons. The van der Waals surface area contributed by atoms with Gasteiger partial charge in [-0.1, -0.05) is 12.1 Å². The number of pyridine rings is 1. The number of ether oxygens (including phenoxy) is 8. The number of hydrogen-bond donors (Lipinski definition) is 8. The maximum atomic E-state index is 15.2. The van der Waals surface area contributed by atoms with E-state index in [0.29, 0.717) is 49.5 Å². The third-order valence-corrected chi connectivity index (χ3v) is 22.4. The van der Waals surface area contributed by atoms with Crippen molar-refractivity contribution in [1.29, 1.82) is 0 Å². The number of cyclic esters (lactones) is 2. The number of thiazole rings is 5. The molecule has 8 N–H and O–H groups in total. The molecule has 12 bridgehead atoms. The summed E-state index contributed by atoms with van der Waals surface area (Å²) in [7, 11) is 3.25. The maximum absolute atomic E-state index is 15.2. The van der Waals surface area contributed by atoms with Crippen LogP contribution in [0.5, 0.6) is 5.75 Å². The zero-order chi connectivity index (χ0) is 69.8. The molecule has 6 aliphatic rings. The molecule has 14 rings (SSSR count). The van der Waals surface area contributed by atoms with E-state index in [1.165, 1.54) is 48.5 Å². The van der Waals surface area contributed by atoms with Crippen molar-refractivity contribution in [2.45, 2.75) is 108 Å². The normalized spacial score (nSPS) is 25.7. The van der Waals surface area contributed by atoms with E-state index in [2.05, 4.69) is 51.4 Å². The summed E-state index contributed by atoms with van der Waals surface area (Å²) in [6.07, 6.45) is -6.42. The van der Waals surface area contributed by atoms with Crippen LogP contribution in [0.15, 0.2) is 56.9 Å². The first-order chi connectivity index (χ1) is 48.2. The fraction of sp³-hybridized carbons (Fsp3) is 0.422. The molecule has 13 heterocycles. The number of allylic oxidation sites excluding steroid dienone is 1. The van der Waals surface area contributed by atoms with Gasteiger partial charge in [0.05, 0.1) is 57.5 Å². The van der Waals surface area contributed by atoms with E-state index < -0.39 is 109 Å². The SMILES string of the molecule is COC(C)=C1NC(=O)[C@H]([C@@H](C)O)NC(=O)c2csc(n2)-c2cc(O)c(-c3nc(C(=O)NCCN4CCOCC4)cs3)nc2-c2csc(n2)[C@@H]2COC(=O)c3[nH]c4cccc5c4c3COC([C@H](O[C@H]3C[C@]4(C)OCN(C)[C@@H]4[C@H](C)O3)C(=O)OC5)[C@H](NC(=O)c3csc1n3)c1nc(cs1)C(=O)N2. The number of amides is 5. The van der Waals surface area contributed by atoms with E-state index in [1.54, 1.807) is 23.6 Å². The van der Waals surface area contributed by atoms with Gasteiger partial charge in [-0.3, -0.25) is 33.8 Å². The smallest absolute Gasteiger partial charge is 0.355 e. The first kappa shape index (κ1) is 68.5. The highest BCUT2D eigenvalue weighted by molar-refractivity contribution is 7.14. The maximum Gasteiger partial charge on any atom is 0.355 e. The number of morpholine rings is 1. The van der Waals surface area contributed by atoms with Crippen LogP contribution in [0.3, 0.4) is 0 Å². The van der Waals surface area contributed by atoms with Gasteiger partial charge in [0.15, 0.2) is 12.4 Å². The van der Waals surface area contributed by atoms with E-state index in [-0.39, 0.29) is 118 Å². The highest BCUT2D eigenvalue weighted by Crippen LogP contribution is 2.44. The average molecular weight is 1460 g/mol. The summed E-state index contributed by atoms with van der Waals surface area (Å²) in [5.41, 5.74) is 0.0699. The fourth-order valence-corrected chi connectivity index (χ4v) is 17.1. The zero-order valence-corrected chi connectivity index (χ0v) is 58.4. The van der Waals surface area contributed by atoms with Crippen molar-refractivity contribution in [1.82, 2.24) is 71.3 Å². The number of nitrogens with one attached hydrogen (secondary N) is 6. The van der Waals surface area contributed by atoms with Crippen LogP contribution in [-0.4, -0.2) is 212 Å². The van der Waals surface area contributed by atoms with Crippen molar-refractivity contribution in [2.75, 3.05) is 66.9 Å². The summed E-state index contributed by atoms with van der Waals surface area (Å²) >= 11 is 4.94. The first-order valence-corrected chi connectivity index (χ1v) is 36.1. The Hall–Kier alpha value is -8.63. The number of esters is 2. The number of aromatic nitrogens is 7. The van der Waals surface area contributed by atoms with Crippen LogP contribution < -0.4 is 26.6 Å². The number of methoxy groups -OCH3 is 1. The van der Waals surface area contributed by atoms with E-state index in [0.717, 1.165) is 69.8 Å². The van der Waals surface area contributed by atoms with Gasteiger partial charge in [0.25, 0.3) is 23.6 Å². The van der Waals surface area contributed by atoms with Crippen LogP contribution in [0.1, 0.15) is 125 Å². The Morgan fingerprint density at radius 3 is 2.34 bits per heavy atom. The predicted molar refractivity (Wildman–Crippen MR) is 361 cm³/mol. The second-order valence-corrected chi connectivity index (χ2v) is 29.0. The Labute approximate surface area is 588 Å². The molecule has 8 aromatic rings. The molecular formula is C64H66N14O17S5. The van der Waals surface area contributed by atoms with Gasteiger partial charge in [-0.2, -0.15) is 0 Å². The molecule has 524 valence electrons. The Bertz CT molecular complexity index is 4560. The molecule has 7 aromatic heterocycles. The van der Waals surface area contributed by atoms with Gasteiger partial charge in [0.1, 0.15) is 125 Å². The summed E-state index contributed by atoms with van der Waals surface area (Å²) in [5, 5.41) is 45.7. The van der Waals surface area contributed by atoms with E-state index in [9.17, 15) is 24.6 Å². The number of carbonyl (C=O) groups excluding carboxylic acids is 7. The van der Waals surface area contributed by atoms with Crippen LogP contribution in [-0.2, 0) is 60.7 Å². The van der Waals surface area contributed by atoms with Gasteiger partial charge in [-0.25, -0.2) is 39.5 Å². The minimum atomic E-state index is -1.77. The standard InChI is InChI=1S/C64H66N14O17S5/c1-27(79)43-56(85)75-44(28(2)88-6)59-71-39(25-98-59)55(84)76-48-49-50(95-41-17-64(4)51(29(3)94-41)77(5)26-93-64)63(87)91-18-30-8-7-9-33-42(30)32(19-90-49)46(66-33)62(86)92-20-34(67-53(82)37-24-100-61(48)72-37)58-68-35(21-97-58)45-31(57-69-38(23-96-57)54(83)74-43)16-40(80)47(73-45)60-70-36(22-99-60)52(81)65-10-11-78-12-14-89-15-13-78/h7-9,16,21-25,27,29,34,41,43,48-51,66,79-80H,10-15,17-20,26H2,1-6H3,(H,65,81)(H,67,82)(H,74,83)(H,75,85)(H,76,84)/t27-,29+,34+,41+,43+,48+,49?,50+,51-,64+/m1/s1. The van der Waals surface area contributed by atoms with Crippen molar-refractivity contribution < 1.29 is 81.7 Å². The van der Waals surface area contributed by atoms with Gasteiger partial charge < -0.3 is 79.7 Å². The van der Waals surface area contributed by atoms with Crippen LogP contribution in [0, 0.1) is 0 Å². The monoisotopic (exact) mass is 1460 g/mol. The highest BCUT2D eigenvalue weighted by atomic mass is 32.1. The fourth-order valence-electron chi connectivity index (χ4n) is 12.9. The van der Waals surface area contributed by atoms with Gasteiger partial charge in [-0.15, -0.1) is 56.7 Å². The Morgan fingerprint density at radius 2 is 1.55 bits per heavy atom. The van der Waals surface area contributed by atoms with Crippen LogP contribution in [0.25, 0.3) is 49.3 Å². The first-order valence-electron chi connectivity index (χ1n) is 31.7. The molecular weight excluding hydrogens is 1400 g/mol. The summed E-state index contributed by atoms with van der Waals surface area (Å²) in [4.78, 5) is 139. The Balaban J connectivity index is 0.904. The van der Waals surface area contributed by atoms with Crippen molar-refractivity contribution in [3.05, 3.63) is 112 Å². The third kappa shape index (κ3) is 13.6. The van der Waals surface area contributed by atoms with Gasteiger partial charge in [0.2, 0.25) is 5.91 Å². The number of hydrogen-bond acceptors (Lipinski definition) is 30. The van der Waals surface area contributed by atoms with E-state index in [4.69, 9.17) is 52.8 Å². The summed E-state index contributed by atoms with van der Waals surface area (Å²) in [5.74, 6) is -6.03. The second-order valence-electron chi connectivity index (χ2n) is 24.6. The number of aliphatic hydroxyl groups excluding tert-OH is 1. The van der Waals surface area contributed by atoms with Gasteiger partial charge in [-0.05, 0) is 52.4 Å². The molecule has 1 unspecified atom stereocenters. The molecule has 1 aromatic carbocycles. The molecule has 6 aliphatic heterocycles. The zero-order valence-electron chi connectivity index (χ0n) is 54.3. The second kappa shape index (κ2) is 28.4. The summed E-state index contributed by atoms with van der Waals surface area (Å²) < 4.78 is 50.1. The average Bonchev–Trinajstić information content (AvgIpc) is 1.59. The number of aromatic amines is 1. The van der Waals surface area contributed by atoms with Crippen LogP contribution in [0.2, 0.25) is 0 Å². The predicted octanol–water partition coefficient (Wildman–Crippen LogP) is 4.88. The largest absolute Gasteiger partial charge is 0.506 e. The topological polar surface area (TPSA) is 394 Å². The number of aromatic hydroxyl groups is 1. The third-order valence-electron chi connectivity index (χ3n) is 17.9. The van der Waals surface area contributed by atoms with Crippen LogP contribution in [0.4, 0.5) is 0 Å². The number of nitrogens with zero attached hydrogens (tertiary/aromatic N) is 8. The lowest BCUT2D eigenvalue weighted by molar-refractivity contribution is -0.268. The lowest BCUT2D eigenvalue weighted by atomic mass is 9.86. The molecule has 0 aliphatic carbocycles. The van der Waals surface area contributed by atoms with Crippen molar-refractivity contribution in [2.24, 2.45) is 0 Å². The molecule has 10 atom stereocenters.